The number of carbonyl (C=O) groups excluding carboxylic acids is 1. The summed E-state index contributed by atoms with van der Waals surface area (Å²) in [6.45, 7) is 16.0. The first-order chi connectivity index (χ1) is 22.6. The first-order valence-electron chi connectivity index (χ1n) is 16.7. The van der Waals surface area contributed by atoms with Crippen molar-refractivity contribution in [3.63, 3.8) is 0 Å². The molecule has 0 saturated carbocycles. The van der Waals surface area contributed by atoms with Gasteiger partial charge in [0.15, 0.2) is 0 Å². The lowest BCUT2D eigenvalue weighted by atomic mass is 9.90. The number of carbonyl (C=O) groups is 2. The number of ether oxygens (including phenoxy) is 1. The third kappa shape index (κ3) is 8.55. The van der Waals surface area contributed by atoms with Crippen LogP contribution in [0.15, 0.2) is 35.3 Å². The van der Waals surface area contributed by atoms with Crippen molar-refractivity contribution in [3.05, 3.63) is 89.1 Å². The molecule has 0 aliphatic carbocycles. The molecular formula is C38H49FIN3O5. The molecule has 260 valence electrons. The summed E-state index contributed by atoms with van der Waals surface area (Å²) in [7, 11) is 1.72. The number of methoxy groups -OCH3 is 1. The standard InChI is InChI=1S/C38H49FIN3O5/c1-9-30-25(7)26(10-11-42-19-29(20-42)48-8)18-43(38(30)47)33(12-21(2)3)37(46)41-32(17-34(44)45)31-16-27(13-24(6)36(31)39)35-22(4)14-28(40)15-23(35)5/h13-16,18,21,29,32-33H,9-12,17,19-20H2,1-8H3,(H,41,46)(H,44,45)/t32-,33?/m0/s1. The lowest BCUT2D eigenvalue weighted by Crippen LogP contribution is -2.52. The van der Waals surface area contributed by atoms with Crippen LogP contribution in [-0.4, -0.2) is 59.3 Å². The van der Waals surface area contributed by atoms with E-state index >= 15 is 4.39 Å². The number of likely N-dealkylation sites (tertiary alicyclic amines) is 1. The molecule has 8 nitrogen and oxygen atoms in total. The maximum atomic E-state index is 15.9. The molecule has 1 unspecified atom stereocenters. The summed E-state index contributed by atoms with van der Waals surface area (Å²) in [4.78, 5) is 42.6. The van der Waals surface area contributed by atoms with E-state index in [1.807, 2.05) is 53.7 Å². The van der Waals surface area contributed by atoms with E-state index < -0.39 is 36.2 Å². The van der Waals surface area contributed by atoms with E-state index in [9.17, 15) is 19.5 Å². The number of carboxylic acid groups (broad SMARTS) is 1. The number of nitrogens with one attached hydrogen (secondary N) is 1. The lowest BCUT2D eigenvalue weighted by molar-refractivity contribution is -0.138. The number of aliphatic carboxylic acids is 1. The van der Waals surface area contributed by atoms with Gasteiger partial charge in [0.2, 0.25) is 5.91 Å². The van der Waals surface area contributed by atoms with Crippen molar-refractivity contribution in [3.8, 4) is 11.1 Å². The predicted molar refractivity (Wildman–Crippen MR) is 196 cm³/mol. The normalized spacial score (nSPS) is 15.0. The Morgan fingerprint density at radius 2 is 1.73 bits per heavy atom. The van der Waals surface area contributed by atoms with Crippen LogP contribution in [0.2, 0.25) is 0 Å². The maximum Gasteiger partial charge on any atom is 0.305 e. The minimum atomic E-state index is -1.17. The maximum absolute atomic E-state index is 15.9. The van der Waals surface area contributed by atoms with Crippen molar-refractivity contribution in [1.29, 1.82) is 0 Å². The van der Waals surface area contributed by atoms with Crippen LogP contribution in [0.4, 0.5) is 4.39 Å². The molecule has 2 aromatic carbocycles. The van der Waals surface area contributed by atoms with Gasteiger partial charge in [-0.1, -0.05) is 20.8 Å². The summed E-state index contributed by atoms with van der Waals surface area (Å²) in [5, 5.41) is 12.8. The fourth-order valence-electron chi connectivity index (χ4n) is 6.90. The Kier molecular flexibility index (Phi) is 12.6. The van der Waals surface area contributed by atoms with E-state index in [-0.39, 0.29) is 23.1 Å². The van der Waals surface area contributed by atoms with E-state index in [4.69, 9.17) is 4.74 Å². The Balaban J connectivity index is 1.75. The highest BCUT2D eigenvalue weighted by Crippen LogP contribution is 2.34. The highest BCUT2D eigenvalue weighted by Gasteiger charge is 2.31. The molecule has 1 aromatic heterocycles. The first kappa shape index (κ1) is 37.7. The van der Waals surface area contributed by atoms with Crippen molar-refractivity contribution in [2.75, 3.05) is 26.7 Å². The van der Waals surface area contributed by atoms with E-state index in [2.05, 4.69) is 32.8 Å². The SMILES string of the molecule is CCc1c(C)c(CCN2CC(OC)C2)cn(C(CC(C)C)C(=O)N[C@@H](CC(=O)O)c2cc(-c3c(C)cc(I)cc3C)cc(C)c2F)c1=O. The molecule has 10 heteroatoms. The zero-order valence-electron chi connectivity index (χ0n) is 29.4. The number of amides is 1. The molecule has 1 aliphatic heterocycles. The van der Waals surface area contributed by atoms with Gasteiger partial charge in [-0.3, -0.25) is 19.3 Å². The highest BCUT2D eigenvalue weighted by molar-refractivity contribution is 14.1. The van der Waals surface area contributed by atoms with E-state index in [0.717, 1.165) is 56.6 Å². The van der Waals surface area contributed by atoms with Crippen LogP contribution in [0, 0.1) is 43.0 Å². The summed E-state index contributed by atoms with van der Waals surface area (Å²) in [6, 6.07) is 5.45. The van der Waals surface area contributed by atoms with Gasteiger partial charge in [-0.15, -0.1) is 0 Å². The average Bonchev–Trinajstić information content (AvgIpc) is 2.97. The summed E-state index contributed by atoms with van der Waals surface area (Å²) in [6.07, 6.45) is 3.10. The summed E-state index contributed by atoms with van der Waals surface area (Å²) >= 11 is 2.26. The van der Waals surface area contributed by atoms with Crippen LogP contribution in [0.25, 0.3) is 11.1 Å². The molecule has 2 heterocycles. The smallest absolute Gasteiger partial charge is 0.305 e. The number of carboxylic acids is 1. The minimum Gasteiger partial charge on any atom is -0.481 e. The van der Waals surface area contributed by atoms with E-state index in [1.165, 1.54) is 4.57 Å². The van der Waals surface area contributed by atoms with Crippen LogP contribution < -0.4 is 10.9 Å². The van der Waals surface area contributed by atoms with Crippen LogP contribution in [0.5, 0.6) is 0 Å². The third-order valence-corrected chi connectivity index (χ3v) is 10.1. The number of nitrogens with zero attached hydrogens (tertiary/aromatic N) is 2. The number of halogens is 2. The fourth-order valence-corrected chi connectivity index (χ4v) is 7.84. The van der Waals surface area contributed by atoms with E-state index in [0.29, 0.717) is 30.4 Å². The second-order valence-electron chi connectivity index (χ2n) is 13.6. The van der Waals surface area contributed by atoms with Crippen molar-refractivity contribution < 1.29 is 23.8 Å². The number of hydrogen-bond acceptors (Lipinski definition) is 5. The topological polar surface area (TPSA) is 101 Å². The number of pyridine rings is 1. The van der Waals surface area contributed by atoms with Crippen molar-refractivity contribution >= 4 is 34.5 Å². The van der Waals surface area contributed by atoms with Gasteiger partial charge >= 0.3 is 5.97 Å². The molecule has 48 heavy (non-hydrogen) atoms. The Labute approximate surface area is 297 Å². The molecule has 4 rings (SSSR count). The predicted octanol–water partition coefficient (Wildman–Crippen LogP) is 6.85. The molecule has 0 spiro atoms. The Morgan fingerprint density at radius 1 is 1.08 bits per heavy atom. The monoisotopic (exact) mass is 773 g/mol. The summed E-state index contributed by atoms with van der Waals surface area (Å²) < 4.78 is 23.9. The second kappa shape index (κ2) is 16.1. The Bertz CT molecular complexity index is 1710. The Morgan fingerprint density at radius 3 is 2.29 bits per heavy atom. The largest absolute Gasteiger partial charge is 0.481 e. The highest BCUT2D eigenvalue weighted by atomic mass is 127. The average molecular weight is 774 g/mol. The molecule has 1 saturated heterocycles. The number of aryl methyl sites for hydroxylation is 3. The van der Waals surface area contributed by atoms with Crippen molar-refractivity contribution in [2.24, 2.45) is 5.92 Å². The summed E-state index contributed by atoms with van der Waals surface area (Å²) in [5.41, 5.74) is 6.55. The first-order valence-corrected chi connectivity index (χ1v) is 17.8. The molecule has 1 aliphatic rings. The van der Waals surface area contributed by atoms with Gasteiger partial charge in [0, 0.05) is 47.6 Å². The quantitative estimate of drug-likeness (QED) is 0.174. The van der Waals surface area contributed by atoms with Gasteiger partial charge in [0.05, 0.1) is 18.6 Å². The van der Waals surface area contributed by atoms with Crippen LogP contribution in [-0.2, 0) is 27.2 Å². The molecule has 2 atom stereocenters. The van der Waals surface area contributed by atoms with Crippen LogP contribution >= 0.6 is 22.6 Å². The van der Waals surface area contributed by atoms with Gasteiger partial charge in [0.1, 0.15) is 11.9 Å². The van der Waals surface area contributed by atoms with Gasteiger partial charge in [-0.2, -0.15) is 0 Å². The number of benzene rings is 2. The van der Waals surface area contributed by atoms with Gasteiger partial charge in [0.25, 0.3) is 5.56 Å². The molecule has 0 radical (unpaired) electrons. The molecule has 1 fully saturated rings. The Hall–Kier alpha value is -3.09. The number of aromatic nitrogens is 1. The summed E-state index contributed by atoms with van der Waals surface area (Å²) in [5.74, 6) is -2.20. The zero-order valence-corrected chi connectivity index (χ0v) is 31.5. The van der Waals surface area contributed by atoms with Crippen LogP contribution in [0.3, 0.4) is 0 Å². The third-order valence-electron chi connectivity index (χ3n) is 9.50. The molecule has 1 amide bonds. The zero-order chi connectivity index (χ0) is 35.4. The number of hydrogen-bond donors (Lipinski definition) is 2. The fraction of sp³-hybridized carbons (Fsp3) is 0.500. The van der Waals surface area contributed by atoms with Crippen molar-refractivity contribution in [2.45, 2.75) is 92.3 Å². The van der Waals surface area contributed by atoms with Crippen LogP contribution in [0.1, 0.15) is 84.6 Å². The van der Waals surface area contributed by atoms with Gasteiger partial charge in [-0.25, -0.2) is 4.39 Å². The second-order valence-corrected chi connectivity index (χ2v) is 14.9. The lowest BCUT2D eigenvalue weighted by Gasteiger charge is -2.38. The van der Waals surface area contributed by atoms with Gasteiger partial charge in [-0.05, 0) is 139 Å². The van der Waals surface area contributed by atoms with Gasteiger partial charge < -0.3 is 19.7 Å². The molecule has 0 bridgehead atoms. The van der Waals surface area contributed by atoms with E-state index in [1.54, 1.807) is 32.4 Å². The molecule has 3 aromatic rings. The molecule has 2 N–H and O–H groups in total. The van der Waals surface area contributed by atoms with Crippen molar-refractivity contribution in [1.82, 2.24) is 14.8 Å². The number of rotatable bonds is 14. The molecular weight excluding hydrogens is 724 g/mol. The minimum absolute atomic E-state index is 0.0432.